The summed E-state index contributed by atoms with van der Waals surface area (Å²) in [6.45, 7) is 17.5. The van der Waals surface area contributed by atoms with Crippen LogP contribution in [0.4, 0.5) is 0 Å². The third-order valence-electron chi connectivity index (χ3n) is 21.6. The summed E-state index contributed by atoms with van der Waals surface area (Å²) in [7, 11) is 5.91. The van der Waals surface area contributed by atoms with Gasteiger partial charge < -0.3 is 112 Å². The zero-order chi connectivity index (χ0) is 63.4. The van der Waals surface area contributed by atoms with E-state index >= 15 is 0 Å². The number of aliphatic hydroxyl groups excluding tert-OH is 6. The molecular formula is C62H100O25. The summed E-state index contributed by atoms with van der Waals surface area (Å²) in [5.74, 6) is -1.06. The van der Waals surface area contributed by atoms with Gasteiger partial charge in [0.15, 0.2) is 31.5 Å². The van der Waals surface area contributed by atoms with E-state index in [1.54, 1.807) is 48.0 Å². The Morgan fingerprint density at radius 3 is 1.70 bits per heavy atom. The van der Waals surface area contributed by atoms with Gasteiger partial charge in [0, 0.05) is 65.1 Å². The average molecular weight is 1250 g/mol. The van der Waals surface area contributed by atoms with Gasteiger partial charge in [-0.2, -0.15) is 0 Å². The highest BCUT2D eigenvalue weighted by molar-refractivity contribution is 5.87. The molecule has 9 aliphatic rings. The Kier molecular flexibility index (Phi) is 22.2. The largest absolute Gasteiger partial charge is 0.463 e. The van der Waals surface area contributed by atoms with Crippen LogP contribution in [0.1, 0.15) is 127 Å². The second kappa shape index (κ2) is 28.0. The molecule has 0 radical (unpaired) electrons. The van der Waals surface area contributed by atoms with Gasteiger partial charge >= 0.3 is 11.9 Å². The SMILES string of the molecule is CC=C(C)C(=O)OC1CC2C(CC=C3CC(OC4CC(OC)C(OC5CC(OC)C(OC6OC(C)C(OC7OC(C)C(OC8OC(CO)C(O)C(O)C8O)C(OC)C7O)C(OC)C6O)C(C)O5)C(C)O4)CCC32C)C2(O)CCC(C(C)OC(C)=O)C12C. The standard InChI is InChI=1S/C62H100O25/c1-15-27(2)56(70)83-42-23-38-37(62(71)21-19-36(61(42,62)10)28(3)76-33(8)64)17-16-34-22-35(18-20-60(34,38)9)81-43-24-39(72-11)50(29(4)77-43)84-44-25-40(73-12)51(30(5)78-44)85-58-48(68)54(74-13)53(32(7)79-58)87-59-49(69)55(75-14)52(31(6)80-59)86-57-47(67)46(66)45(65)41(26-63)82-57/h15-16,28-32,35-55,57-59,63,65-69,71H,17-26H2,1-14H3. The van der Waals surface area contributed by atoms with Gasteiger partial charge in [-0.15, -0.1) is 0 Å². The van der Waals surface area contributed by atoms with Crippen LogP contribution >= 0.6 is 0 Å². The van der Waals surface area contributed by atoms with Crippen LogP contribution in [-0.2, 0) is 85.4 Å². The monoisotopic (exact) mass is 1240 g/mol. The number of carbonyl (C=O) groups excluding carboxylic acids is 2. The number of rotatable bonds is 19. The summed E-state index contributed by atoms with van der Waals surface area (Å²) in [5, 5.41) is 77.4. The first-order valence-corrected chi connectivity index (χ1v) is 31.3. The molecule has 5 aliphatic heterocycles. The van der Waals surface area contributed by atoms with Crippen LogP contribution in [0.25, 0.3) is 0 Å². The van der Waals surface area contributed by atoms with E-state index in [2.05, 4.69) is 13.0 Å². The Hall–Kier alpha value is -2.42. The Labute approximate surface area is 510 Å². The number of methoxy groups -OCH3 is 4. The second-order valence-electron chi connectivity index (χ2n) is 26.3. The lowest BCUT2D eigenvalue weighted by atomic mass is 9.44. The first-order valence-electron chi connectivity index (χ1n) is 31.3. The lowest BCUT2D eigenvalue weighted by Crippen LogP contribution is -2.67. The Morgan fingerprint density at radius 1 is 0.644 bits per heavy atom. The molecule has 4 aliphatic carbocycles. The van der Waals surface area contributed by atoms with Gasteiger partial charge in [-0.25, -0.2) is 4.79 Å². The van der Waals surface area contributed by atoms with E-state index in [0.717, 1.165) is 12.8 Å². The predicted molar refractivity (Wildman–Crippen MR) is 302 cm³/mol. The molecule has 87 heavy (non-hydrogen) atoms. The molecule has 0 aromatic rings. The van der Waals surface area contributed by atoms with Crippen molar-refractivity contribution in [3.63, 3.8) is 0 Å². The minimum Gasteiger partial charge on any atom is -0.463 e. The van der Waals surface area contributed by atoms with Crippen LogP contribution in [0.3, 0.4) is 0 Å². The molecular weight excluding hydrogens is 1140 g/mol. The molecule has 8 fully saturated rings. The molecule has 0 amide bonds. The molecule has 0 aromatic carbocycles. The Morgan fingerprint density at radius 2 is 1.17 bits per heavy atom. The van der Waals surface area contributed by atoms with Crippen molar-refractivity contribution in [2.75, 3.05) is 35.0 Å². The van der Waals surface area contributed by atoms with Crippen molar-refractivity contribution < 1.29 is 121 Å². The van der Waals surface area contributed by atoms with E-state index in [9.17, 15) is 45.3 Å². The van der Waals surface area contributed by atoms with Crippen molar-refractivity contribution in [2.45, 2.75) is 292 Å². The number of fused-ring (bicyclic) bond motifs is 5. The van der Waals surface area contributed by atoms with Crippen molar-refractivity contribution in [1.82, 2.24) is 0 Å². The third-order valence-corrected chi connectivity index (χ3v) is 21.6. The highest BCUT2D eigenvalue weighted by Gasteiger charge is 2.72. The molecule has 0 aromatic heterocycles. The molecule has 32 atom stereocenters. The molecule has 498 valence electrons. The second-order valence-corrected chi connectivity index (χ2v) is 26.3. The number of hydrogen-bond donors (Lipinski definition) is 7. The molecule has 5 saturated heterocycles. The highest BCUT2D eigenvalue weighted by atomic mass is 16.8. The Balaban J connectivity index is 0.784. The quantitative estimate of drug-likeness (QED) is 0.0555. The summed E-state index contributed by atoms with van der Waals surface area (Å²) in [4.78, 5) is 25.8. The van der Waals surface area contributed by atoms with Crippen molar-refractivity contribution in [3.8, 4) is 0 Å². The number of esters is 2. The zero-order valence-electron chi connectivity index (χ0n) is 52.9. The molecule has 3 saturated carbocycles. The van der Waals surface area contributed by atoms with Crippen LogP contribution in [-0.4, -0.2) is 248 Å². The van der Waals surface area contributed by atoms with Gasteiger partial charge in [-0.05, 0) is 111 Å². The third kappa shape index (κ3) is 13.2. The first kappa shape index (κ1) is 68.9. The fourth-order valence-electron chi connectivity index (χ4n) is 16.5. The number of carbonyl (C=O) groups is 2. The number of hydrogen-bond acceptors (Lipinski definition) is 25. The normalized spacial score (nSPS) is 49.8. The number of ether oxygens (including phenoxy) is 16. The van der Waals surface area contributed by atoms with E-state index in [1.165, 1.54) is 26.7 Å². The maximum absolute atomic E-state index is 13.6. The summed E-state index contributed by atoms with van der Waals surface area (Å²) in [6.07, 6.45) is -16.1. The van der Waals surface area contributed by atoms with Gasteiger partial charge in [0.05, 0.1) is 54.9 Å². The van der Waals surface area contributed by atoms with Crippen molar-refractivity contribution in [2.24, 2.45) is 28.6 Å². The van der Waals surface area contributed by atoms with E-state index < -0.39 is 177 Å². The van der Waals surface area contributed by atoms with E-state index in [-0.39, 0.29) is 41.7 Å². The molecule has 25 nitrogen and oxygen atoms in total. The summed E-state index contributed by atoms with van der Waals surface area (Å²) >= 11 is 0. The Bertz CT molecular complexity index is 2380. The van der Waals surface area contributed by atoms with Gasteiger partial charge in [-0.1, -0.05) is 31.6 Å². The summed E-state index contributed by atoms with van der Waals surface area (Å²) in [5.41, 5.74) is -0.533. The molecule has 7 N–H and O–H groups in total. The van der Waals surface area contributed by atoms with Crippen molar-refractivity contribution >= 4 is 11.9 Å². The fraction of sp³-hybridized carbons (Fsp3) is 0.903. The maximum atomic E-state index is 13.6. The predicted octanol–water partition coefficient (Wildman–Crippen LogP) is 2.39. The topological polar surface area (TPSA) is 323 Å². The maximum Gasteiger partial charge on any atom is 0.333 e. The van der Waals surface area contributed by atoms with Gasteiger partial charge in [-0.3, -0.25) is 4.79 Å². The fourth-order valence-corrected chi connectivity index (χ4v) is 16.5. The van der Waals surface area contributed by atoms with E-state index in [4.69, 9.17) is 75.8 Å². The van der Waals surface area contributed by atoms with Crippen molar-refractivity contribution in [3.05, 3.63) is 23.3 Å². The van der Waals surface area contributed by atoms with E-state index in [0.29, 0.717) is 44.1 Å². The molecule has 32 unspecified atom stereocenters. The molecule has 9 rings (SSSR count). The highest BCUT2D eigenvalue weighted by Crippen LogP contribution is 2.69. The summed E-state index contributed by atoms with van der Waals surface area (Å²) < 4.78 is 99.1. The lowest BCUT2D eigenvalue weighted by molar-refractivity contribution is -0.383. The van der Waals surface area contributed by atoms with Gasteiger partial charge in [0.2, 0.25) is 0 Å². The smallest absolute Gasteiger partial charge is 0.333 e. The molecule has 5 heterocycles. The van der Waals surface area contributed by atoms with E-state index in [1.807, 2.05) is 27.7 Å². The van der Waals surface area contributed by atoms with Crippen molar-refractivity contribution in [1.29, 1.82) is 0 Å². The molecule has 0 spiro atoms. The first-order chi connectivity index (χ1) is 41.2. The van der Waals surface area contributed by atoms with Crippen LogP contribution in [0, 0.1) is 28.6 Å². The summed E-state index contributed by atoms with van der Waals surface area (Å²) in [6, 6.07) is 0. The molecule has 25 heteroatoms. The van der Waals surface area contributed by atoms with Gasteiger partial charge in [0.1, 0.15) is 85.5 Å². The average Bonchev–Trinajstić information content (AvgIpc) is 1.65. The number of aliphatic hydroxyl groups is 7. The minimum absolute atomic E-state index is 0.0233. The lowest BCUT2D eigenvalue weighted by Gasteiger charge is -2.63. The zero-order valence-corrected chi connectivity index (χ0v) is 52.9. The minimum atomic E-state index is -1.71. The van der Waals surface area contributed by atoms with Crippen LogP contribution in [0.2, 0.25) is 0 Å². The van der Waals surface area contributed by atoms with Crippen LogP contribution < -0.4 is 0 Å². The molecule has 0 bridgehead atoms. The number of allylic oxidation sites excluding steroid dienone is 2. The van der Waals surface area contributed by atoms with Crippen LogP contribution in [0.15, 0.2) is 23.3 Å². The van der Waals surface area contributed by atoms with Crippen LogP contribution in [0.5, 0.6) is 0 Å². The van der Waals surface area contributed by atoms with Gasteiger partial charge in [0.25, 0.3) is 0 Å².